The standard InChI is InChI=1S/C29H28ClF2N3O/c30-21-5-10-27-26(17-21)33-28(36)35(27)24-12-15-34(16-13-24)25-11-14-29(18-25,19-1-6-22(31)7-2-19)20-3-8-23(32)9-4-20/h1-10,17,24-25H,11-16,18H2,(H,33,36). The fraction of sp³-hybridized carbons (Fsp3) is 0.345. The minimum absolute atomic E-state index is 0.0850. The summed E-state index contributed by atoms with van der Waals surface area (Å²) in [6.07, 6.45) is 4.64. The summed E-state index contributed by atoms with van der Waals surface area (Å²) in [5.41, 5.74) is 3.48. The van der Waals surface area contributed by atoms with Crippen molar-refractivity contribution in [2.45, 2.75) is 49.6 Å². The van der Waals surface area contributed by atoms with Crippen molar-refractivity contribution >= 4 is 22.6 Å². The molecule has 0 amide bonds. The lowest BCUT2D eigenvalue weighted by molar-refractivity contribution is 0.134. The third-order valence-corrected chi connectivity index (χ3v) is 8.58. The van der Waals surface area contributed by atoms with Crippen LogP contribution < -0.4 is 5.69 Å². The van der Waals surface area contributed by atoms with E-state index in [2.05, 4.69) is 9.88 Å². The van der Waals surface area contributed by atoms with E-state index in [1.165, 1.54) is 24.3 Å². The van der Waals surface area contributed by atoms with Crippen molar-refractivity contribution in [1.29, 1.82) is 0 Å². The molecule has 0 spiro atoms. The van der Waals surface area contributed by atoms with Gasteiger partial charge in [-0.3, -0.25) is 4.57 Å². The van der Waals surface area contributed by atoms with Gasteiger partial charge in [-0.05, 0) is 85.7 Å². The van der Waals surface area contributed by atoms with Crippen LogP contribution in [0.4, 0.5) is 8.78 Å². The molecule has 2 aliphatic rings. The molecule has 1 aliphatic carbocycles. The van der Waals surface area contributed by atoms with E-state index in [4.69, 9.17) is 11.6 Å². The van der Waals surface area contributed by atoms with Gasteiger partial charge in [0.05, 0.1) is 11.0 Å². The highest BCUT2D eigenvalue weighted by molar-refractivity contribution is 6.31. The molecular formula is C29H28ClF2N3O. The van der Waals surface area contributed by atoms with Gasteiger partial charge in [-0.1, -0.05) is 35.9 Å². The molecule has 36 heavy (non-hydrogen) atoms. The van der Waals surface area contributed by atoms with Gasteiger partial charge >= 0.3 is 5.69 Å². The highest BCUT2D eigenvalue weighted by Crippen LogP contribution is 2.48. The van der Waals surface area contributed by atoms with Crippen LogP contribution in [-0.4, -0.2) is 33.6 Å². The lowest BCUT2D eigenvalue weighted by Crippen LogP contribution is -2.42. The molecule has 1 saturated heterocycles. The van der Waals surface area contributed by atoms with Crippen LogP contribution in [0.1, 0.15) is 49.3 Å². The Balaban J connectivity index is 1.23. The van der Waals surface area contributed by atoms with E-state index in [1.807, 2.05) is 41.0 Å². The number of likely N-dealkylation sites (tertiary alicyclic amines) is 1. The van der Waals surface area contributed by atoms with Gasteiger partial charge < -0.3 is 9.88 Å². The van der Waals surface area contributed by atoms with Gasteiger partial charge in [-0.25, -0.2) is 13.6 Å². The van der Waals surface area contributed by atoms with Gasteiger partial charge in [-0.2, -0.15) is 0 Å². The number of rotatable bonds is 4. The number of imidazole rings is 1. The Kier molecular flexibility index (Phi) is 5.97. The van der Waals surface area contributed by atoms with Gasteiger partial charge in [0.2, 0.25) is 0 Å². The van der Waals surface area contributed by atoms with Gasteiger partial charge in [0, 0.05) is 35.6 Å². The van der Waals surface area contributed by atoms with Crippen LogP contribution in [0.15, 0.2) is 71.5 Å². The Morgan fingerprint density at radius 3 is 2.06 bits per heavy atom. The first kappa shape index (κ1) is 23.4. The second-order valence-corrected chi connectivity index (χ2v) is 10.7. The minimum atomic E-state index is -0.268. The SMILES string of the molecule is O=c1[nH]c2cc(Cl)ccc2n1C1CCN(C2CCC(c3ccc(F)cc3)(c3ccc(F)cc3)C2)CC1. The number of benzene rings is 3. The zero-order valence-electron chi connectivity index (χ0n) is 19.9. The summed E-state index contributed by atoms with van der Waals surface area (Å²) in [7, 11) is 0. The number of H-pyrrole nitrogens is 1. The van der Waals surface area contributed by atoms with E-state index in [0.29, 0.717) is 11.1 Å². The molecule has 186 valence electrons. The second kappa shape index (κ2) is 9.16. The zero-order chi connectivity index (χ0) is 24.9. The molecule has 7 heteroatoms. The van der Waals surface area contributed by atoms with Crippen molar-refractivity contribution in [1.82, 2.24) is 14.5 Å². The molecule has 1 saturated carbocycles. The number of hydrogen-bond donors (Lipinski definition) is 1. The Labute approximate surface area is 213 Å². The van der Waals surface area contributed by atoms with Crippen molar-refractivity contribution in [2.75, 3.05) is 13.1 Å². The Hall–Kier alpha value is -2.96. The summed E-state index contributed by atoms with van der Waals surface area (Å²) in [5.74, 6) is -0.501. The first-order valence-electron chi connectivity index (χ1n) is 12.6. The average molecular weight is 508 g/mol. The maximum absolute atomic E-state index is 13.7. The van der Waals surface area contributed by atoms with Gasteiger partial charge in [0.15, 0.2) is 0 Å². The molecule has 1 aliphatic heterocycles. The molecule has 1 N–H and O–H groups in total. The molecular weight excluding hydrogens is 480 g/mol. The molecule has 4 aromatic rings. The van der Waals surface area contributed by atoms with Crippen molar-refractivity contribution in [2.24, 2.45) is 0 Å². The summed E-state index contributed by atoms with van der Waals surface area (Å²) in [6, 6.07) is 19.6. The first-order chi connectivity index (χ1) is 17.4. The summed E-state index contributed by atoms with van der Waals surface area (Å²) in [5, 5.41) is 0.609. The molecule has 6 rings (SSSR count). The summed E-state index contributed by atoms with van der Waals surface area (Å²) < 4.78 is 29.3. The van der Waals surface area contributed by atoms with Gasteiger partial charge in [0.1, 0.15) is 11.6 Å². The third-order valence-electron chi connectivity index (χ3n) is 8.34. The third kappa shape index (κ3) is 4.06. The van der Waals surface area contributed by atoms with E-state index >= 15 is 0 Å². The molecule has 1 aromatic heterocycles. The van der Waals surface area contributed by atoms with Crippen molar-refractivity contribution in [3.05, 3.63) is 105 Å². The van der Waals surface area contributed by atoms with Crippen LogP contribution in [0, 0.1) is 11.6 Å². The highest BCUT2D eigenvalue weighted by atomic mass is 35.5. The maximum atomic E-state index is 13.7. The lowest BCUT2D eigenvalue weighted by atomic mass is 9.73. The van der Waals surface area contributed by atoms with E-state index in [-0.39, 0.29) is 28.8 Å². The predicted octanol–water partition coefficient (Wildman–Crippen LogP) is 6.44. The molecule has 2 heterocycles. The van der Waals surface area contributed by atoms with Crippen molar-refractivity contribution < 1.29 is 8.78 Å². The largest absolute Gasteiger partial charge is 0.326 e. The van der Waals surface area contributed by atoms with E-state index < -0.39 is 0 Å². The Morgan fingerprint density at radius 1 is 0.833 bits per heavy atom. The summed E-state index contributed by atoms with van der Waals surface area (Å²) >= 11 is 6.11. The fourth-order valence-electron chi connectivity index (χ4n) is 6.53. The van der Waals surface area contributed by atoms with Crippen LogP contribution in [0.3, 0.4) is 0 Å². The van der Waals surface area contributed by atoms with Crippen LogP contribution in [0.2, 0.25) is 5.02 Å². The highest BCUT2D eigenvalue weighted by Gasteiger charge is 2.44. The normalized spacial score (nSPS) is 20.8. The number of nitrogens with one attached hydrogen (secondary N) is 1. The van der Waals surface area contributed by atoms with Crippen LogP contribution in [-0.2, 0) is 5.41 Å². The molecule has 4 nitrogen and oxygen atoms in total. The number of nitrogens with zero attached hydrogens (tertiary/aromatic N) is 2. The number of halogens is 3. The Morgan fingerprint density at radius 2 is 1.44 bits per heavy atom. The van der Waals surface area contributed by atoms with E-state index in [0.717, 1.165) is 67.4 Å². The van der Waals surface area contributed by atoms with Crippen molar-refractivity contribution in [3.8, 4) is 0 Å². The number of aromatic amines is 1. The molecule has 2 fully saturated rings. The average Bonchev–Trinajstić information content (AvgIpc) is 3.46. The summed E-state index contributed by atoms with van der Waals surface area (Å²) in [6.45, 7) is 1.82. The fourth-order valence-corrected chi connectivity index (χ4v) is 6.71. The number of piperidine rings is 1. The first-order valence-corrected chi connectivity index (χ1v) is 13.0. The molecule has 0 bridgehead atoms. The van der Waals surface area contributed by atoms with Crippen LogP contribution in [0.5, 0.6) is 0 Å². The topological polar surface area (TPSA) is 41.0 Å². The smallest absolute Gasteiger partial charge is 0.305 e. The van der Waals surface area contributed by atoms with Gasteiger partial charge in [0.25, 0.3) is 0 Å². The molecule has 3 aromatic carbocycles. The second-order valence-electron chi connectivity index (χ2n) is 10.2. The van der Waals surface area contributed by atoms with Crippen LogP contribution in [0.25, 0.3) is 11.0 Å². The minimum Gasteiger partial charge on any atom is -0.305 e. The zero-order valence-corrected chi connectivity index (χ0v) is 20.6. The van der Waals surface area contributed by atoms with Crippen molar-refractivity contribution in [3.63, 3.8) is 0 Å². The molecule has 1 atom stereocenters. The van der Waals surface area contributed by atoms with Gasteiger partial charge in [-0.15, -0.1) is 0 Å². The van der Waals surface area contributed by atoms with E-state index in [1.54, 1.807) is 6.07 Å². The number of aromatic nitrogens is 2. The molecule has 0 radical (unpaired) electrons. The van der Waals surface area contributed by atoms with Crippen LogP contribution >= 0.6 is 11.6 Å². The Bertz CT molecular complexity index is 1390. The predicted molar refractivity (Wildman–Crippen MR) is 139 cm³/mol. The lowest BCUT2D eigenvalue weighted by Gasteiger charge is -2.38. The maximum Gasteiger partial charge on any atom is 0.326 e. The van der Waals surface area contributed by atoms with E-state index in [9.17, 15) is 13.6 Å². The quantitative estimate of drug-likeness (QED) is 0.345. The number of fused-ring (bicyclic) bond motifs is 1. The monoisotopic (exact) mass is 507 g/mol. The summed E-state index contributed by atoms with van der Waals surface area (Å²) in [4.78, 5) is 18.2. The number of hydrogen-bond acceptors (Lipinski definition) is 2. The molecule has 1 unspecified atom stereocenters.